The number of hydrogen-bond donors (Lipinski definition) is 2. The molecule has 0 atom stereocenters. The van der Waals surface area contributed by atoms with Gasteiger partial charge >= 0.3 is 5.97 Å². The zero-order chi connectivity index (χ0) is 20.6. The second kappa shape index (κ2) is 7.53. The smallest absolute Gasteiger partial charge is 0.317 e. The Morgan fingerprint density at radius 3 is 2.83 bits per heavy atom. The number of aromatic nitrogens is 2. The summed E-state index contributed by atoms with van der Waals surface area (Å²) in [4.78, 5) is 23.7. The molecule has 150 valence electrons. The molecule has 0 spiro atoms. The number of benzene rings is 1. The molecule has 1 aromatic carbocycles. The van der Waals surface area contributed by atoms with Crippen molar-refractivity contribution in [1.82, 2.24) is 14.9 Å². The Morgan fingerprint density at radius 2 is 2.07 bits per heavy atom. The predicted molar refractivity (Wildman–Crippen MR) is 116 cm³/mol. The van der Waals surface area contributed by atoms with Crippen molar-refractivity contribution in [2.75, 3.05) is 12.0 Å². The number of carbonyl (C=O) groups is 1. The van der Waals surface area contributed by atoms with Gasteiger partial charge in [0.15, 0.2) is 5.82 Å². The highest BCUT2D eigenvalue weighted by atomic mass is 32.1. The van der Waals surface area contributed by atoms with Crippen LogP contribution in [0.3, 0.4) is 0 Å². The van der Waals surface area contributed by atoms with Crippen LogP contribution in [0.15, 0.2) is 35.7 Å². The zero-order valence-corrected chi connectivity index (χ0v) is 17.5. The molecule has 0 radical (unpaired) electrons. The molecule has 8 heteroatoms. The highest BCUT2D eigenvalue weighted by Gasteiger charge is 2.21. The molecule has 2 aromatic heterocycles. The normalized spacial score (nSPS) is 14.6. The van der Waals surface area contributed by atoms with Gasteiger partial charge in [0.25, 0.3) is 0 Å². The minimum Gasteiger partial charge on any atom is -0.480 e. The molecule has 1 aliphatic rings. The van der Waals surface area contributed by atoms with E-state index in [0.717, 1.165) is 21.3 Å². The minimum atomic E-state index is -0.803. The van der Waals surface area contributed by atoms with Crippen molar-refractivity contribution in [2.45, 2.75) is 39.3 Å². The van der Waals surface area contributed by atoms with Gasteiger partial charge in [0.2, 0.25) is 0 Å². The van der Waals surface area contributed by atoms with Crippen LogP contribution in [0.4, 0.5) is 5.82 Å². The number of hydrogen-bond acceptors (Lipinski definition) is 7. The average molecular weight is 410 g/mol. The lowest BCUT2D eigenvalue weighted by atomic mass is 9.94. The fraction of sp³-hybridized carbons (Fsp3) is 0.333. The average Bonchev–Trinajstić information content (AvgIpc) is 3.24. The highest BCUT2D eigenvalue weighted by molar-refractivity contribution is 7.18. The summed E-state index contributed by atoms with van der Waals surface area (Å²) in [5.74, 6) is -0.116. The van der Waals surface area contributed by atoms with E-state index in [1.165, 1.54) is 10.4 Å². The van der Waals surface area contributed by atoms with E-state index in [-0.39, 0.29) is 12.0 Å². The van der Waals surface area contributed by atoms with Crippen molar-refractivity contribution in [3.8, 4) is 0 Å². The van der Waals surface area contributed by atoms with E-state index in [9.17, 15) is 4.79 Å². The number of fused-ring (bicyclic) bond motifs is 2. The first-order chi connectivity index (χ1) is 13.8. The van der Waals surface area contributed by atoms with E-state index in [1.807, 2.05) is 17.0 Å². The van der Waals surface area contributed by atoms with Crippen molar-refractivity contribution < 1.29 is 9.90 Å². The highest BCUT2D eigenvalue weighted by Crippen LogP contribution is 2.35. The van der Waals surface area contributed by atoms with E-state index in [2.05, 4.69) is 53.4 Å². The van der Waals surface area contributed by atoms with Crippen LogP contribution in [0.2, 0.25) is 0 Å². The Kier molecular flexibility index (Phi) is 5.06. The van der Waals surface area contributed by atoms with Crippen LogP contribution in [-0.2, 0) is 23.3 Å². The molecule has 3 aromatic rings. The summed E-state index contributed by atoms with van der Waals surface area (Å²) in [6.45, 7) is 7.92. The summed E-state index contributed by atoms with van der Waals surface area (Å²) in [7, 11) is 0. The number of anilines is 1. The predicted octanol–water partition coefficient (Wildman–Crippen LogP) is 3.84. The van der Waals surface area contributed by atoms with Gasteiger partial charge in [-0.2, -0.15) is 5.10 Å². The van der Waals surface area contributed by atoms with Crippen LogP contribution < -0.4 is 5.43 Å². The SMILES string of the molecule is CC(C)(C)c1cc2c(NN=Cc3ccc4c(c3)CN(CC(=O)O)C4)ncnc2s1. The third-order valence-corrected chi connectivity index (χ3v) is 6.30. The molecular formula is C21H23N5O2S. The summed E-state index contributed by atoms with van der Waals surface area (Å²) >= 11 is 1.68. The number of nitrogens with zero attached hydrogens (tertiary/aromatic N) is 4. The quantitative estimate of drug-likeness (QED) is 0.492. The molecule has 3 heterocycles. The van der Waals surface area contributed by atoms with Crippen molar-refractivity contribution in [2.24, 2.45) is 5.10 Å². The number of rotatable bonds is 5. The van der Waals surface area contributed by atoms with Gasteiger partial charge in [0.05, 0.1) is 18.1 Å². The first-order valence-electron chi connectivity index (χ1n) is 9.39. The fourth-order valence-corrected chi connectivity index (χ4v) is 4.41. The van der Waals surface area contributed by atoms with Gasteiger partial charge in [-0.3, -0.25) is 15.1 Å². The molecule has 0 amide bonds. The lowest BCUT2D eigenvalue weighted by molar-refractivity contribution is -0.138. The molecule has 7 nitrogen and oxygen atoms in total. The summed E-state index contributed by atoms with van der Waals surface area (Å²) in [6.07, 6.45) is 3.31. The van der Waals surface area contributed by atoms with Crippen LogP contribution in [0, 0.1) is 0 Å². The van der Waals surface area contributed by atoms with Gasteiger partial charge in [-0.05, 0) is 34.2 Å². The summed E-state index contributed by atoms with van der Waals surface area (Å²) in [5.41, 5.74) is 6.37. The maximum atomic E-state index is 10.9. The summed E-state index contributed by atoms with van der Waals surface area (Å²) < 4.78 is 0. The number of carboxylic acids is 1. The topological polar surface area (TPSA) is 90.7 Å². The molecule has 0 unspecified atom stereocenters. The van der Waals surface area contributed by atoms with Gasteiger partial charge in [0, 0.05) is 18.0 Å². The monoisotopic (exact) mass is 409 g/mol. The number of hydrazone groups is 1. The molecular weight excluding hydrogens is 386 g/mol. The van der Waals surface area contributed by atoms with Crippen molar-refractivity contribution in [1.29, 1.82) is 0 Å². The Balaban J connectivity index is 1.49. The maximum absolute atomic E-state index is 10.9. The van der Waals surface area contributed by atoms with Crippen molar-refractivity contribution in [3.63, 3.8) is 0 Å². The number of thiophene rings is 1. The van der Waals surface area contributed by atoms with Crippen molar-refractivity contribution >= 4 is 39.6 Å². The molecule has 0 saturated carbocycles. The van der Waals surface area contributed by atoms with Crippen LogP contribution in [0.1, 0.15) is 42.3 Å². The van der Waals surface area contributed by atoms with E-state index >= 15 is 0 Å². The Hall–Kier alpha value is -2.84. The van der Waals surface area contributed by atoms with Crippen LogP contribution in [0.25, 0.3) is 10.2 Å². The van der Waals surface area contributed by atoms with Crippen LogP contribution in [-0.4, -0.2) is 38.7 Å². The Morgan fingerprint density at radius 1 is 1.28 bits per heavy atom. The van der Waals surface area contributed by atoms with Crippen LogP contribution in [0.5, 0.6) is 0 Å². The molecule has 4 rings (SSSR count). The molecule has 29 heavy (non-hydrogen) atoms. The van der Waals surface area contributed by atoms with E-state index in [4.69, 9.17) is 5.11 Å². The van der Waals surface area contributed by atoms with Gasteiger partial charge in [-0.15, -0.1) is 11.3 Å². The number of nitrogens with one attached hydrogen (secondary N) is 1. The molecule has 1 aliphatic heterocycles. The summed E-state index contributed by atoms with van der Waals surface area (Å²) in [5, 5.41) is 14.3. The Bertz CT molecular complexity index is 1100. The second-order valence-corrected chi connectivity index (χ2v) is 9.27. The lowest BCUT2D eigenvalue weighted by Gasteiger charge is -2.14. The molecule has 0 saturated heterocycles. The standard InChI is InChI=1S/C21H23N5O2S/c1-21(2,3)17-7-16-19(22-12-23-20(16)29-17)25-24-8-13-4-5-14-9-26(11-18(27)28)10-15(14)6-13/h4-8,12H,9-11H2,1-3H3,(H,27,28)(H,22,23,25). The molecule has 0 fully saturated rings. The first-order valence-corrected chi connectivity index (χ1v) is 10.2. The van der Waals surface area contributed by atoms with E-state index < -0.39 is 5.97 Å². The van der Waals surface area contributed by atoms with Crippen LogP contribution >= 0.6 is 11.3 Å². The second-order valence-electron chi connectivity index (χ2n) is 8.24. The fourth-order valence-electron chi connectivity index (χ4n) is 3.35. The maximum Gasteiger partial charge on any atom is 0.317 e. The molecule has 0 bridgehead atoms. The third-order valence-electron chi connectivity index (χ3n) is 4.83. The Labute approximate surface area is 173 Å². The van der Waals surface area contributed by atoms with Gasteiger partial charge in [0.1, 0.15) is 11.2 Å². The largest absolute Gasteiger partial charge is 0.480 e. The lowest BCUT2D eigenvalue weighted by Crippen LogP contribution is -2.24. The van der Waals surface area contributed by atoms with E-state index in [1.54, 1.807) is 23.9 Å². The number of aliphatic carboxylic acids is 1. The minimum absolute atomic E-state index is 0.0561. The first kappa shape index (κ1) is 19.5. The summed E-state index contributed by atoms with van der Waals surface area (Å²) in [6, 6.07) is 8.21. The van der Waals surface area contributed by atoms with E-state index in [0.29, 0.717) is 18.9 Å². The van der Waals surface area contributed by atoms with Gasteiger partial charge in [-0.1, -0.05) is 32.9 Å². The molecule has 0 aliphatic carbocycles. The van der Waals surface area contributed by atoms with Gasteiger partial charge in [-0.25, -0.2) is 9.97 Å². The zero-order valence-electron chi connectivity index (χ0n) is 16.6. The molecule has 2 N–H and O–H groups in total. The van der Waals surface area contributed by atoms with Crippen molar-refractivity contribution in [3.05, 3.63) is 52.2 Å². The van der Waals surface area contributed by atoms with Gasteiger partial charge < -0.3 is 5.11 Å². The number of carboxylic acid groups (broad SMARTS) is 1. The third kappa shape index (κ3) is 4.28.